The Balaban J connectivity index is 1.57. The van der Waals surface area contributed by atoms with E-state index in [0.717, 1.165) is 74.0 Å². The van der Waals surface area contributed by atoms with Gasteiger partial charge in [-0.15, -0.1) is 0 Å². The van der Waals surface area contributed by atoms with Gasteiger partial charge in [0.15, 0.2) is 0 Å². The molecule has 0 saturated heterocycles. The highest BCUT2D eigenvalue weighted by Gasteiger charge is 2.36. The third-order valence-corrected chi connectivity index (χ3v) is 7.42. The lowest BCUT2D eigenvalue weighted by Crippen LogP contribution is -2.51. The summed E-state index contributed by atoms with van der Waals surface area (Å²) < 4.78 is 0. The average molecular weight is 471 g/mol. The molecule has 4 N–H and O–H groups in total. The molecule has 4 heteroatoms. The van der Waals surface area contributed by atoms with Crippen LogP contribution in [0.25, 0.3) is 43.6 Å². The molecular weight excluding hydrogens is 440 g/mol. The highest BCUT2D eigenvalue weighted by atomic mass is 15.0. The fourth-order valence-corrected chi connectivity index (χ4v) is 5.55. The van der Waals surface area contributed by atoms with Crippen molar-refractivity contribution in [2.24, 2.45) is 11.5 Å². The van der Waals surface area contributed by atoms with Crippen LogP contribution < -0.4 is 11.5 Å². The highest BCUT2D eigenvalue weighted by molar-refractivity contribution is 5.96. The molecule has 6 rings (SSSR count). The van der Waals surface area contributed by atoms with Crippen molar-refractivity contribution in [3.63, 3.8) is 0 Å². The number of aromatic nitrogens is 2. The van der Waals surface area contributed by atoms with Gasteiger partial charge in [0.05, 0.1) is 27.7 Å². The zero-order valence-corrected chi connectivity index (χ0v) is 20.5. The van der Waals surface area contributed by atoms with Crippen LogP contribution in [0.2, 0.25) is 0 Å². The fraction of sp³-hybridized carbons (Fsp3) is 0.188. The van der Waals surface area contributed by atoms with E-state index in [1.54, 1.807) is 0 Å². The third kappa shape index (κ3) is 3.79. The van der Waals surface area contributed by atoms with Gasteiger partial charge in [-0.2, -0.15) is 0 Å². The minimum atomic E-state index is -1.10. The Morgan fingerprint density at radius 1 is 0.667 bits per heavy atom. The van der Waals surface area contributed by atoms with Crippen LogP contribution in [0.5, 0.6) is 0 Å². The van der Waals surface area contributed by atoms with Gasteiger partial charge in [-0.05, 0) is 53.9 Å². The number of unbranched alkanes of at least 4 members (excludes halogenated alkanes) is 1. The molecule has 4 aromatic carbocycles. The maximum Gasteiger partial charge on any atom is 0.0976 e. The molecule has 1 unspecified atom stereocenters. The van der Waals surface area contributed by atoms with Gasteiger partial charge in [-0.3, -0.25) is 0 Å². The number of hydrogen-bond donors (Lipinski definition) is 2. The van der Waals surface area contributed by atoms with Crippen LogP contribution in [-0.2, 0) is 5.66 Å². The monoisotopic (exact) mass is 470 g/mol. The summed E-state index contributed by atoms with van der Waals surface area (Å²) in [6.07, 6.45) is 2.98. The molecular formula is C32H30N4. The van der Waals surface area contributed by atoms with E-state index in [-0.39, 0.29) is 5.92 Å². The van der Waals surface area contributed by atoms with E-state index in [9.17, 15) is 0 Å². The maximum atomic E-state index is 7.20. The predicted octanol–water partition coefficient (Wildman–Crippen LogP) is 7.13. The Hall–Kier alpha value is -3.86. The Morgan fingerprint density at radius 3 is 1.89 bits per heavy atom. The largest absolute Gasteiger partial charge is 0.309 e. The normalized spacial score (nSPS) is 13.1. The van der Waals surface area contributed by atoms with Gasteiger partial charge in [0.25, 0.3) is 0 Å². The molecule has 36 heavy (non-hydrogen) atoms. The van der Waals surface area contributed by atoms with Crippen LogP contribution in [0.4, 0.5) is 0 Å². The van der Waals surface area contributed by atoms with Gasteiger partial charge >= 0.3 is 0 Å². The number of para-hydroxylation sites is 2. The first-order valence-corrected chi connectivity index (χ1v) is 12.7. The zero-order valence-electron chi connectivity index (χ0n) is 20.5. The molecule has 6 aromatic rings. The number of benzene rings is 4. The maximum absolute atomic E-state index is 7.20. The topological polar surface area (TPSA) is 77.8 Å². The molecule has 1 atom stereocenters. The van der Waals surface area contributed by atoms with Crippen molar-refractivity contribution >= 4 is 43.6 Å². The van der Waals surface area contributed by atoms with Crippen molar-refractivity contribution < 1.29 is 0 Å². The molecule has 4 nitrogen and oxygen atoms in total. The lowest BCUT2D eigenvalue weighted by Gasteiger charge is -2.36. The Morgan fingerprint density at radius 2 is 1.22 bits per heavy atom. The minimum absolute atomic E-state index is 0.0961. The fourth-order valence-electron chi connectivity index (χ4n) is 5.55. The van der Waals surface area contributed by atoms with E-state index in [0.29, 0.717) is 0 Å². The highest BCUT2D eigenvalue weighted by Crippen LogP contribution is 2.41. The Labute approximate surface area is 211 Å². The molecule has 2 aromatic heterocycles. The molecule has 0 radical (unpaired) electrons. The summed E-state index contributed by atoms with van der Waals surface area (Å²) in [6, 6.07) is 33.3. The summed E-state index contributed by atoms with van der Waals surface area (Å²) in [6.45, 7) is 2.21. The summed E-state index contributed by atoms with van der Waals surface area (Å²) in [5.74, 6) is -0.0961. The second kappa shape index (κ2) is 8.98. The molecule has 0 saturated carbocycles. The quantitative estimate of drug-likeness (QED) is 0.200. The SMILES string of the molecule is CCCCC(c1cccc2nc3ccccc3cc12)C(N)(N)c1cccc2nc3ccccc3cc12. The molecule has 0 spiro atoms. The smallest absolute Gasteiger partial charge is 0.0976 e. The van der Waals surface area contributed by atoms with Gasteiger partial charge in [0, 0.05) is 27.5 Å². The van der Waals surface area contributed by atoms with Crippen molar-refractivity contribution in [1.82, 2.24) is 9.97 Å². The summed E-state index contributed by atoms with van der Waals surface area (Å²) in [5.41, 5.74) is 19.2. The van der Waals surface area contributed by atoms with Gasteiger partial charge in [-0.25, -0.2) is 9.97 Å². The molecule has 0 amide bonds. The predicted molar refractivity (Wildman–Crippen MR) is 151 cm³/mol. The van der Waals surface area contributed by atoms with Crippen molar-refractivity contribution in [3.8, 4) is 0 Å². The summed E-state index contributed by atoms with van der Waals surface area (Å²) in [4.78, 5) is 9.86. The number of nitrogens with zero attached hydrogens (tertiary/aromatic N) is 2. The first-order chi connectivity index (χ1) is 17.6. The van der Waals surface area contributed by atoms with Crippen LogP contribution in [0.3, 0.4) is 0 Å². The van der Waals surface area contributed by atoms with Crippen LogP contribution in [-0.4, -0.2) is 9.97 Å². The second-order valence-electron chi connectivity index (χ2n) is 9.78. The lowest BCUT2D eigenvalue weighted by molar-refractivity contribution is 0.346. The van der Waals surface area contributed by atoms with Crippen molar-refractivity contribution in [3.05, 3.63) is 108 Å². The molecule has 0 aliphatic heterocycles. The van der Waals surface area contributed by atoms with E-state index >= 15 is 0 Å². The van der Waals surface area contributed by atoms with E-state index in [1.807, 2.05) is 36.4 Å². The van der Waals surface area contributed by atoms with Gasteiger partial charge in [-0.1, -0.05) is 80.4 Å². The van der Waals surface area contributed by atoms with Crippen molar-refractivity contribution in [2.45, 2.75) is 37.8 Å². The molecule has 2 heterocycles. The second-order valence-corrected chi connectivity index (χ2v) is 9.78. The lowest BCUT2D eigenvalue weighted by atomic mass is 9.77. The van der Waals surface area contributed by atoms with Gasteiger partial charge in [0.2, 0.25) is 0 Å². The minimum Gasteiger partial charge on any atom is -0.309 e. The molecule has 0 fully saturated rings. The van der Waals surface area contributed by atoms with Crippen molar-refractivity contribution in [1.29, 1.82) is 0 Å². The van der Waals surface area contributed by atoms with Gasteiger partial charge in [0.1, 0.15) is 0 Å². The summed E-state index contributed by atoms with van der Waals surface area (Å²) in [7, 11) is 0. The number of nitrogens with two attached hydrogens (primary N) is 2. The van der Waals surface area contributed by atoms with Crippen LogP contribution in [0.1, 0.15) is 43.2 Å². The standard InChI is InChI=1S/C32H30N4/c1-2-3-13-26(23-12-8-17-30-24(23)19-21-10-4-6-15-28(21)35-30)32(33,34)27-14-9-18-31-25(27)20-22-11-5-7-16-29(22)36-31/h4-12,14-20,26H,2-3,13,33-34H2,1H3. The van der Waals surface area contributed by atoms with E-state index in [4.69, 9.17) is 21.4 Å². The molecule has 0 aliphatic rings. The van der Waals surface area contributed by atoms with E-state index in [2.05, 4.69) is 67.6 Å². The number of rotatable bonds is 6. The van der Waals surface area contributed by atoms with Crippen molar-refractivity contribution in [2.75, 3.05) is 0 Å². The Bertz CT molecular complexity index is 1720. The van der Waals surface area contributed by atoms with Gasteiger partial charge < -0.3 is 11.5 Å². The van der Waals surface area contributed by atoms with Crippen LogP contribution in [0, 0.1) is 0 Å². The average Bonchev–Trinajstić information content (AvgIpc) is 2.90. The number of pyridine rings is 2. The molecule has 0 bridgehead atoms. The summed E-state index contributed by atoms with van der Waals surface area (Å²) >= 11 is 0. The molecule has 178 valence electrons. The van der Waals surface area contributed by atoms with E-state index < -0.39 is 5.66 Å². The van der Waals surface area contributed by atoms with Crippen LogP contribution >= 0.6 is 0 Å². The summed E-state index contributed by atoms with van der Waals surface area (Å²) in [5, 5.41) is 4.32. The Kier molecular flexibility index (Phi) is 5.63. The number of hydrogen-bond acceptors (Lipinski definition) is 4. The first kappa shape index (κ1) is 22.6. The molecule has 0 aliphatic carbocycles. The third-order valence-electron chi connectivity index (χ3n) is 7.42. The zero-order chi connectivity index (χ0) is 24.7. The number of fused-ring (bicyclic) bond motifs is 4. The first-order valence-electron chi connectivity index (χ1n) is 12.7. The van der Waals surface area contributed by atoms with Crippen LogP contribution in [0.15, 0.2) is 97.1 Å². The van der Waals surface area contributed by atoms with E-state index in [1.165, 1.54) is 0 Å².